The summed E-state index contributed by atoms with van der Waals surface area (Å²) in [5.74, 6) is 1.11. The zero-order valence-electron chi connectivity index (χ0n) is 23.1. The predicted octanol–water partition coefficient (Wildman–Crippen LogP) is 7.85. The number of aromatic nitrogens is 4. The molecule has 11 nitrogen and oxygen atoms in total. The van der Waals surface area contributed by atoms with E-state index in [1.165, 1.54) is 46.7 Å². The van der Waals surface area contributed by atoms with Gasteiger partial charge in [0.2, 0.25) is 0 Å². The van der Waals surface area contributed by atoms with E-state index in [1.54, 1.807) is 19.2 Å². The van der Waals surface area contributed by atoms with Gasteiger partial charge in [-0.3, -0.25) is 10.1 Å². The third-order valence-electron chi connectivity index (χ3n) is 6.87. The van der Waals surface area contributed by atoms with Gasteiger partial charge in [0.05, 0.1) is 50.7 Å². The quantitative estimate of drug-likeness (QED) is 0.133. The maximum atomic E-state index is 11.9. The van der Waals surface area contributed by atoms with Crippen LogP contribution in [-0.2, 0) is 0 Å². The van der Waals surface area contributed by atoms with Crippen LogP contribution in [0.4, 0.5) is 5.69 Å². The van der Waals surface area contributed by atoms with E-state index in [0.29, 0.717) is 27.1 Å². The summed E-state index contributed by atoms with van der Waals surface area (Å²) in [5.41, 5.74) is 2.53. The largest absolute Gasteiger partial charge is 0.504 e. The van der Waals surface area contributed by atoms with Crippen molar-refractivity contribution in [2.45, 2.75) is 0 Å². The lowest BCUT2D eigenvalue weighted by molar-refractivity contribution is -0.384. The van der Waals surface area contributed by atoms with Crippen molar-refractivity contribution in [1.82, 2.24) is 19.7 Å². The Morgan fingerprint density at radius 2 is 1.52 bits per heavy atom. The highest BCUT2D eigenvalue weighted by atomic mass is 32.1. The van der Waals surface area contributed by atoms with Gasteiger partial charge in [-0.05, 0) is 42.5 Å². The first-order chi connectivity index (χ1) is 21.4. The Balaban J connectivity index is 1.43. The number of thiazole rings is 2. The summed E-state index contributed by atoms with van der Waals surface area (Å²) in [5, 5.41) is 28.7. The number of benzene rings is 4. The smallest absolute Gasteiger partial charge is 0.307 e. The lowest BCUT2D eigenvalue weighted by Crippen LogP contribution is -2.03. The number of hydrogen-bond donors (Lipinski definition) is 1. The maximum Gasteiger partial charge on any atom is 0.307 e. The molecule has 0 unspecified atom stereocenters. The van der Waals surface area contributed by atoms with Crippen LogP contribution < -0.4 is 14.2 Å². The predicted molar refractivity (Wildman–Crippen MR) is 169 cm³/mol. The van der Waals surface area contributed by atoms with Crippen LogP contribution in [0.3, 0.4) is 0 Å². The summed E-state index contributed by atoms with van der Waals surface area (Å²) in [6.07, 6.45) is 2.38. The van der Waals surface area contributed by atoms with Crippen molar-refractivity contribution in [3.63, 3.8) is 0 Å². The second-order valence-corrected chi connectivity index (χ2v) is 11.5. The number of ether oxygens (including phenoxy) is 3. The van der Waals surface area contributed by atoms with Crippen LogP contribution in [0.15, 0.2) is 85.2 Å². The van der Waals surface area contributed by atoms with Gasteiger partial charge < -0.3 is 19.3 Å². The first-order valence-electron chi connectivity index (χ1n) is 13.1. The SMILES string of the molecule is COc1ccc(Oc2cc(OC)c(-n3cc([N+](=O)[O-])cn3)c(-c3nc4ccccc4s3)c2O)c(-c2nc3ccccc3s2)c1. The molecule has 0 aliphatic rings. The zero-order valence-corrected chi connectivity index (χ0v) is 24.8. The lowest BCUT2D eigenvalue weighted by atomic mass is 10.1. The Labute approximate surface area is 257 Å². The number of phenols is 1. The van der Waals surface area contributed by atoms with Gasteiger partial charge in [0, 0.05) is 6.07 Å². The first-order valence-corrected chi connectivity index (χ1v) is 14.8. The lowest BCUT2D eigenvalue weighted by Gasteiger charge is -2.18. The Bertz CT molecular complexity index is 2140. The van der Waals surface area contributed by atoms with Crippen LogP contribution in [0.2, 0.25) is 0 Å². The van der Waals surface area contributed by atoms with E-state index in [0.717, 1.165) is 26.6 Å². The summed E-state index contributed by atoms with van der Waals surface area (Å²) in [6, 6.07) is 22.2. The van der Waals surface area contributed by atoms with Gasteiger partial charge in [0.1, 0.15) is 45.3 Å². The number of para-hydroxylation sites is 2. The minimum Gasteiger partial charge on any atom is -0.504 e. The van der Waals surface area contributed by atoms with Crippen molar-refractivity contribution in [3.8, 4) is 55.6 Å². The normalized spacial score (nSPS) is 11.2. The third kappa shape index (κ3) is 4.73. The molecule has 3 heterocycles. The number of fused-ring (bicyclic) bond motifs is 2. The van der Waals surface area contributed by atoms with Gasteiger partial charge in [-0.1, -0.05) is 24.3 Å². The second kappa shape index (κ2) is 10.9. The second-order valence-electron chi connectivity index (χ2n) is 9.49. The number of aromatic hydroxyl groups is 1. The number of hydrogen-bond acceptors (Lipinski definition) is 11. The van der Waals surface area contributed by atoms with E-state index >= 15 is 0 Å². The van der Waals surface area contributed by atoms with Crippen molar-refractivity contribution < 1.29 is 24.2 Å². The highest BCUT2D eigenvalue weighted by molar-refractivity contribution is 7.22. The van der Waals surface area contributed by atoms with E-state index in [9.17, 15) is 15.2 Å². The van der Waals surface area contributed by atoms with E-state index in [4.69, 9.17) is 24.2 Å². The number of rotatable bonds is 8. The highest BCUT2D eigenvalue weighted by Gasteiger charge is 2.28. The molecule has 7 aromatic rings. The maximum absolute atomic E-state index is 11.9. The molecule has 4 aromatic carbocycles. The molecule has 3 aromatic heterocycles. The van der Waals surface area contributed by atoms with Crippen molar-refractivity contribution >= 4 is 48.8 Å². The van der Waals surface area contributed by atoms with Crippen molar-refractivity contribution in [3.05, 3.63) is 95.3 Å². The van der Waals surface area contributed by atoms with Crippen molar-refractivity contribution in [2.24, 2.45) is 0 Å². The fourth-order valence-corrected chi connectivity index (χ4v) is 6.78. The van der Waals surface area contributed by atoms with Gasteiger partial charge in [-0.2, -0.15) is 5.10 Å². The summed E-state index contributed by atoms with van der Waals surface area (Å²) >= 11 is 2.85. The molecule has 0 saturated carbocycles. The number of phenolic OH excluding ortho intramolecular Hbond substituents is 1. The van der Waals surface area contributed by atoms with Gasteiger partial charge >= 0.3 is 5.69 Å². The molecule has 218 valence electrons. The molecular weight excluding hydrogens is 603 g/mol. The molecule has 0 atom stereocenters. The fraction of sp³-hybridized carbons (Fsp3) is 0.0645. The average molecular weight is 624 g/mol. The molecule has 0 bridgehead atoms. The van der Waals surface area contributed by atoms with Crippen LogP contribution in [0.1, 0.15) is 0 Å². The molecular formula is C31H21N5O6S2. The zero-order chi connectivity index (χ0) is 30.4. The van der Waals surface area contributed by atoms with Crippen LogP contribution in [-0.4, -0.2) is 44.0 Å². The molecule has 0 saturated heterocycles. The third-order valence-corrected chi connectivity index (χ3v) is 8.99. The molecule has 44 heavy (non-hydrogen) atoms. The van der Waals surface area contributed by atoms with E-state index in [2.05, 4.69) is 5.10 Å². The molecule has 0 aliphatic heterocycles. The molecule has 0 amide bonds. The Morgan fingerprint density at radius 3 is 2.16 bits per heavy atom. The number of nitro groups is 1. The topological polar surface area (TPSA) is 135 Å². The fourth-order valence-electron chi connectivity index (χ4n) is 4.78. The Kier molecular flexibility index (Phi) is 6.80. The summed E-state index contributed by atoms with van der Waals surface area (Å²) in [6.45, 7) is 0. The van der Waals surface area contributed by atoms with E-state index in [-0.39, 0.29) is 34.2 Å². The summed E-state index contributed by atoms with van der Waals surface area (Å²) < 4.78 is 20.9. The van der Waals surface area contributed by atoms with Gasteiger partial charge in [0.25, 0.3) is 0 Å². The van der Waals surface area contributed by atoms with Gasteiger partial charge in [-0.15, -0.1) is 22.7 Å². The summed E-state index contributed by atoms with van der Waals surface area (Å²) in [7, 11) is 3.04. The Morgan fingerprint density at radius 1 is 0.841 bits per heavy atom. The van der Waals surface area contributed by atoms with Crippen molar-refractivity contribution in [2.75, 3.05) is 14.2 Å². The molecule has 0 aliphatic carbocycles. The van der Waals surface area contributed by atoms with E-state index < -0.39 is 4.92 Å². The highest BCUT2D eigenvalue weighted by Crippen LogP contribution is 2.50. The minimum absolute atomic E-state index is 0.0778. The van der Waals surface area contributed by atoms with Crippen LogP contribution >= 0.6 is 22.7 Å². The average Bonchev–Trinajstić information content (AvgIpc) is 3.80. The van der Waals surface area contributed by atoms with Crippen LogP contribution in [0.25, 0.3) is 47.3 Å². The molecule has 0 spiro atoms. The number of methoxy groups -OCH3 is 2. The Hall–Kier alpha value is -5.53. The summed E-state index contributed by atoms with van der Waals surface area (Å²) in [4.78, 5) is 20.5. The minimum atomic E-state index is -0.544. The molecule has 0 fully saturated rings. The monoisotopic (exact) mass is 623 g/mol. The first kappa shape index (κ1) is 27.3. The van der Waals surface area contributed by atoms with Crippen LogP contribution in [0, 0.1) is 10.1 Å². The molecule has 7 rings (SSSR count). The van der Waals surface area contributed by atoms with E-state index in [1.807, 2.05) is 54.6 Å². The van der Waals surface area contributed by atoms with Gasteiger partial charge in [-0.25, -0.2) is 14.6 Å². The van der Waals surface area contributed by atoms with Gasteiger partial charge in [0.15, 0.2) is 11.5 Å². The van der Waals surface area contributed by atoms with Crippen LogP contribution in [0.5, 0.6) is 28.7 Å². The van der Waals surface area contributed by atoms with Crippen molar-refractivity contribution in [1.29, 1.82) is 0 Å². The number of nitrogens with zero attached hydrogens (tertiary/aromatic N) is 5. The molecule has 0 radical (unpaired) electrons. The molecule has 13 heteroatoms. The standard InChI is InChI=1S/C31H21N5O6S2/c1-40-18-11-12-22(19(13-18)30-33-20-7-3-5-9-25(20)43-30)42-24-14-23(41-2)28(35-16-17(15-32-35)36(38)39)27(29(24)37)31-34-21-8-4-6-10-26(21)44-31/h3-16,37H,1-2H3. The molecule has 1 N–H and O–H groups in total.